The third-order valence-electron chi connectivity index (χ3n) is 2.78. The first-order valence-electron chi connectivity index (χ1n) is 5.65. The van der Waals surface area contributed by atoms with Crippen molar-refractivity contribution in [2.45, 2.75) is 6.92 Å². The van der Waals surface area contributed by atoms with Gasteiger partial charge in [0.1, 0.15) is 5.69 Å². The molecular weight excluding hydrogens is 298 g/mol. The van der Waals surface area contributed by atoms with E-state index >= 15 is 0 Å². The maximum Gasteiger partial charge on any atom is 0.270 e. The molecule has 0 saturated carbocycles. The van der Waals surface area contributed by atoms with E-state index in [4.69, 9.17) is 0 Å². The Labute approximate surface area is 115 Å². The minimum atomic E-state index is -0.229. The fraction of sp³-hybridized carbons (Fsp3) is 0.500. The molecule has 6 heteroatoms. The summed E-state index contributed by atoms with van der Waals surface area (Å²) in [5, 5.41) is 2.57. The van der Waals surface area contributed by atoms with Crippen LogP contribution in [0.15, 0.2) is 16.7 Å². The van der Waals surface area contributed by atoms with E-state index in [0.717, 1.165) is 4.47 Å². The molecule has 0 fully saturated rings. The summed E-state index contributed by atoms with van der Waals surface area (Å²) in [6, 6.07) is 1.77. The van der Waals surface area contributed by atoms with Gasteiger partial charge in [0.15, 0.2) is 0 Å². The van der Waals surface area contributed by atoms with Gasteiger partial charge in [0.2, 0.25) is 5.91 Å². The molecule has 0 aliphatic heterocycles. The van der Waals surface area contributed by atoms with Gasteiger partial charge in [0.25, 0.3) is 5.91 Å². The number of amides is 2. The van der Waals surface area contributed by atoms with Crippen LogP contribution in [0.3, 0.4) is 0 Å². The molecule has 0 saturated heterocycles. The lowest BCUT2D eigenvalue weighted by molar-refractivity contribution is -0.124. The standard InChI is InChI=1S/C12H18BrN3O2/c1-8(11(17)14-2)6-16(4)12(18)10-5-9(13)7-15(10)3/h5,7-8H,6H2,1-4H3,(H,14,17). The largest absolute Gasteiger partial charge is 0.359 e. The molecule has 18 heavy (non-hydrogen) atoms. The van der Waals surface area contributed by atoms with Gasteiger partial charge < -0.3 is 14.8 Å². The molecule has 0 bridgehead atoms. The second-order valence-electron chi connectivity index (χ2n) is 4.36. The van der Waals surface area contributed by atoms with Gasteiger partial charge in [-0.15, -0.1) is 0 Å². The first-order chi connectivity index (χ1) is 8.36. The summed E-state index contributed by atoms with van der Waals surface area (Å²) in [7, 11) is 5.10. The molecule has 1 unspecified atom stereocenters. The average Bonchev–Trinajstić information content (AvgIpc) is 2.66. The number of nitrogens with zero attached hydrogens (tertiary/aromatic N) is 2. The van der Waals surface area contributed by atoms with Crippen molar-refractivity contribution in [3.8, 4) is 0 Å². The molecule has 0 aliphatic rings. The SMILES string of the molecule is CNC(=O)C(C)CN(C)C(=O)c1cc(Br)cn1C. The Balaban J connectivity index is 2.73. The van der Waals surface area contributed by atoms with Crippen LogP contribution in [-0.2, 0) is 11.8 Å². The van der Waals surface area contributed by atoms with E-state index in [2.05, 4.69) is 21.2 Å². The highest BCUT2D eigenvalue weighted by molar-refractivity contribution is 9.10. The van der Waals surface area contributed by atoms with Gasteiger partial charge in [-0.25, -0.2) is 0 Å². The molecule has 1 aromatic heterocycles. The quantitative estimate of drug-likeness (QED) is 0.909. The summed E-state index contributed by atoms with van der Waals surface area (Å²) in [4.78, 5) is 25.2. The number of carbonyl (C=O) groups is 2. The summed E-state index contributed by atoms with van der Waals surface area (Å²) in [5.41, 5.74) is 0.591. The first-order valence-corrected chi connectivity index (χ1v) is 6.45. The van der Waals surface area contributed by atoms with E-state index in [1.165, 1.54) is 0 Å². The molecular formula is C12H18BrN3O2. The Morgan fingerprint density at radius 3 is 2.61 bits per heavy atom. The van der Waals surface area contributed by atoms with E-state index in [-0.39, 0.29) is 17.7 Å². The van der Waals surface area contributed by atoms with E-state index < -0.39 is 0 Å². The maximum atomic E-state index is 12.2. The predicted molar refractivity (Wildman–Crippen MR) is 73.3 cm³/mol. The zero-order valence-corrected chi connectivity index (χ0v) is 12.6. The second kappa shape index (κ2) is 6.04. The minimum Gasteiger partial charge on any atom is -0.359 e. The number of hydrogen-bond donors (Lipinski definition) is 1. The predicted octanol–water partition coefficient (Wildman–Crippen LogP) is 1.24. The van der Waals surface area contributed by atoms with Crippen molar-refractivity contribution in [2.75, 3.05) is 20.6 Å². The van der Waals surface area contributed by atoms with Gasteiger partial charge in [-0.2, -0.15) is 0 Å². The van der Waals surface area contributed by atoms with E-state index in [9.17, 15) is 9.59 Å². The van der Waals surface area contributed by atoms with Gasteiger partial charge in [-0.3, -0.25) is 9.59 Å². The van der Waals surface area contributed by atoms with Crippen LogP contribution in [0.5, 0.6) is 0 Å². The van der Waals surface area contributed by atoms with Crippen LogP contribution in [-0.4, -0.2) is 41.9 Å². The van der Waals surface area contributed by atoms with Crippen LogP contribution < -0.4 is 5.32 Å². The summed E-state index contributed by atoms with van der Waals surface area (Å²) in [6.45, 7) is 2.19. The number of carbonyl (C=O) groups excluding carboxylic acids is 2. The molecule has 1 heterocycles. The molecule has 0 aliphatic carbocycles. The van der Waals surface area contributed by atoms with Crippen molar-refractivity contribution in [1.82, 2.24) is 14.8 Å². The normalized spacial score (nSPS) is 12.1. The molecule has 100 valence electrons. The van der Waals surface area contributed by atoms with Crippen molar-refractivity contribution >= 4 is 27.7 Å². The summed E-state index contributed by atoms with van der Waals surface area (Å²) < 4.78 is 2.62. The average molecular weight is 316 g/mol. The van der Waals surface area contributed by atoms with Crippen LogP contribution in [0.2, 0.25) is 0 Å². The van der Waals surface area contributed by atoms with Gasteiger partial charge in [-0.05, 0) is 22.0 Å². The fourth-order valence-corrected chi connectivity index (χ4v) is 2.28. The molecule has 2 amide bonds. The molecule has 5 nitrogen and oxygen atoms in total. The highest BCUT2D eigenvalue weighted by Crippen LogP contribution is 2.15. The van der Waals surface area contributed by atoms with E-state index in [1.807, 2.05) is 13.2 Å². The first kappa shape index (κ1) is 14.8. The number of hydrogen-bond acceptors (Lipinski definition) is 2. The van der Waals surface area contributed by atoms with Crippen molar-refractivity contribution in [1.29, 1.82) is 0 Å². The minimum absolute atomic E-state index is 0.0669. The second-order valence-corrected chi connectivity index (χ2v) is 5.27. The fourth-order valence-electron chi connectivity index (χ4n) is 1.76. The van der Waals surface area contributed by atoms with Crippen molar-refractivity contribution in [3.05, 3.63) is 22.4 Å². The van der Waals surface area contributed by atoms with Crippen LogP contribution in [0, 0.1) is 5.92 Å². The molecule has 1 aromatic rings. The molecule has 0 aromatic carbocycles. The van der Waals surface area contributed by atoms with E-state index in [1.54, 1.807) is 36.6 Å². The number of aryl methyl sites for hydroxylation is 1. The Hall–Kier alpha value is -1.30. The van der Waals surface area contributed by atoms with Crippen LogP contribution in [0.4, 0.5) is 0 Å². The number of halogens is 1. The lowest BCUT2D eigenvalue weighted by atomic mass is 10.1. The lowest BCUT2D eigenvalue weighted by Gasteiger charge is -2.20. The summed E-state index contributed by atoms with van der Waals surface area (Å²) in [6.07, 6.45) is 1.82. The number of nitrogens with one attached hydrogen (secondary N) is 1. The molecule has 1 atom stereocenters. The van der Waals surface area contributed by atoms with Crippen LogP contribution >= 0.6 is 15.9 Å². The highest BCUT2D eigenvalue weighted by Gasteiger charge is 2.20. The highest BCUT2D eigenvalue weighted by atomic mass is 79.9. The number of aromatic nitrogens is 1. The topological polar surface area (TPSA) is 54.3 Å². The van der Waals surface area contributed by atoms with Gasteiger partial charge >= 0.3 is 0 Å². The molecule has 1 rings (SSSR count). The Morgan fingerprint density at radius 2 is 2.17 bits per heavy atom. The monoisotopic (exact) mass is 315 g/mol. The number of rotatable bonds is 4. The van der Waals surface area contributed by atoms with Crippen molar-refractivity contribution in [3.63, 3.8) is 0 Å². The smallest absolute Gasteiger partial charge is 0.270 e. The van der Waals surface area contributed by atoms with Crippen LogP contribution in [0.25, 0.3) is 0 Å². The Kier molecular flexibility index (Phi) is 4.95. The Bertz CT molecular complexity index is 456. The zero-order chi connectivity index (χ0) is 13.9. The van der Waals surface area contributed by atoms with Crippen molar-refractivity contribution in [2.24, 2.45) is 13.0 Å². The molecule has 0 spiro atoms. The van der Waals surface area contributed by atoms with Crippen molar-refractivity contribution < 1.29 is 9.59 Å². The lowest BCUT2D eigenvalue weighted by Crippen LogP contribution is -2.37. The summed E-state index contributed by atoms with van der Waals surface area (Å²) in [5.74, 6) is -0.394. The zero-order valence-electron chi connectivity index (χ0n) is 11.0. The third-order valence-corrected chi connectivity index (χ3v) is 3.21. The molecule has 1 N–H and O–H groups in total. The Morgan fingerprint density at radius 1 is 1.56 bits per heavy atom. The summed E-state index contributed by atoms with van der Waals surface area (Å²) >= 11 is 3.33. The maximum absolute atomic E-state index is 12.2. The van der Waals surface area contributed by atoms with Gasteiger partial charge in [-0.1, -0.05) is 6.92 Å². The van der Waals surface area contributed by atoms with Gasteiger partial charge in [0.05, 0.1) is 5.92 Å². The third kappa shape index (κ3) is 3.35. The molecule has 0 radical (unpaired) electrons. The van der Waals surface area contributed by atoms with E-state index in [0.29, 0.717) is 12.2 Å². The van der Waals surface area contributed by atoms with Crippen LogP contribution in [0.1, 0.15) is 17.4 Å². The van der Waals surface area contributed by atoms with Gasteiger partial charge in [0, 0.05) is 38.4 Å².